The third-order valence-electron chi connectivity index (χ3n) is 4.80. The summed E-state index contributed by atoms with van der Waals surface area (Å²) in [6.45, 7) is 2.21. The number of aryl methyl sites for hydroxylation is 1. The van der Waals surface area contributed by atoms with Crippen LogP contribution in [-0.4, -0.2) is 29.6 Å². The molecule has 1 unspecified atom stereocenters. The van der Waals surface area contributed by atoms with Crippen molar-refractivity contribution in [2.45, 2.75) is 19.4 Å². The first kappa shape index (κ1) is 18.3. The molecule has 0 aliphatic carbocycles. The molecule has 1 aliphatic rings. The van der Waals surface area contributed by atoms with Gasteiger partial charge < -0.3 is 14.7 Å². The molecule has 4 rings (SSSR count). The van der Waals surface area contributed by atoms with Gasteiger partial charge in [-0.15, -0.1) is 0 Å². The number of aromatic nitrogens is 1. The molecule has 2 heterocycles. The van der Waals surface area contributed by atoms with Crippen molar-refractivity contribution in [3.05, 3.63) is 70.9 Å². The molecule has 142 valence electrons. The van der Waals surface area contributed by atoms with E-state index in [0.29, 0.717) is 40.6 Å². The van der Waals surface area contributed by atoms with Crippen molar-refractivity contribution >= 4 is 29.1 Å². The van der Waals surface area contributed by atoms with Gasteiger partial charge in [0, 0.05) is 17.8 Å². The van der Waals surface area contributed by atoms with Crippen LogP contribution in [0.1, 0.15) is 22.5 Å². The van der Waals surface area contributed by atoms with Crippen LogP contribution in [-0.2, 0) is 4.79 Å². The number of hydrogen-bond donors (Lipinski definition) is 1. The number of rotatable bonds is 4. The maximum absolute atomic E-state index is 13.0. The molecule has 1 fully saturated rings. The zero-order valence-corrected chi connectivity index (χ0v) is 15.9. The van der Waals surface area contributed by atoms with E-state index in [1.165, 1.54) is 0 Å². The van der Waals surface area contributed by atoms with E-state index in [-0.39, 0.29) is 5.91 Å². The van der Waals surface area contributed by atoms with Gasteiger partial charge >= 0.3 is 0 Å². The first-order valence-corrected chi connectivity index (χ1v) is 9.32. The van der Waals surface area contributed by atoms with Gasteiger partial charge in [0.1, 0.15) is 23.1 Å². The summed E-state index contributed by atoms with van der Waals surface area (Å²) in [5, 5.41) is 7.31. The normalized spacial score (nSPS) is 16.4. The van der Waals surface area contributed by atoms with Gasteiger partial charge in [-0.25, -0.2) is 0 Å². The second-order valence-corrected chi connectivity index (χ2v) is 6.99. The van der Waals surface area contributed by atoms with Crippen LogP contribution in [0.3, 0.4) is 0 Å². The number of halogens is 1. The molecular formula is C21H18ClN3O3. The van der Waals surface area contributed by atoms with E-state index in [4.69, 9.17) is 16.1 Å². The van der Waals surface area contributed by atoms with Gasteiger partial charge in [-0.3, -0.25) is 9.59 Å². The number of nitrogens with one attached hydrogen (secondary N) is 1. The maximum Gasteiger partial charge on any atom is 0.257 e. The van der Waals surface area contributed by atoms with E-state index in [2.05, 4.69) is 10.5 Å². The number of carbonyl (C=O) groups is 2. The second kappa shape index (κ2) is 7.48. The van der Waals surface area contributed by atoms with Crippen LogP contribution in [0.25, 0.3) is 11.3 Å². The number of anilines is 1. The van der Waals surface area contributed by atoms with Crippen molar-refractivity contribution in [3.8, 4) is 11.3 Å². The zero-order valence-electron chi connectivity index (χ0n) is 15.2. The molecule has 1 aliphatic heterocycles. The van der Waals surface area contributed by atoms with E-state index >= 15 is 0 Å². The monoisotopic (exact) mass is 395 g/mol. The highest BCUT2D eigenvalue weighted by atomic mass is 35.5. The SMILES string of the molecule is Cc1onc(-c2ccccc2Cl)c1C(=O)NC1CCN(c2ccccc2)C1=O. The fraction of sp³-hybridized carbons (Fsp3) is 0.190. The summed E-state index contributed by atoms with van der Waals surface area (Å²) in [5.41, 5.74) is 2.09. The molecule has 3 aromatic rings. The number of hydrogen-bond acceptors (Lipinski definition) is 4. The summed E-state index contributed by atoms with van der Waals surface area (Å²) < 4.78 is 5.24. The number of carbonyl (C=O) groups excluding carboxylic acids is 2. The lowest BCUT2D eigenvalue weighted by Gasteiger charge is -2.17. The summed E-state index contributed by atoms with van der Waals surface area (Å²) in [6.07, 6.45) is 0.533. The van der Waals surface area contributed by atoms with Crippen LogP contribution in [0.4, 0.5) is 5.69 Å². The summed E-state index contributed by atoms with van der Waals surface area (Å²) in [7, 11) is 0. The van der Waals surface area contributed by atoms with E-state index in [1.54, 1.807) is 30.0 Å². The molecule has 7 heteroatoms. The lowest BCUT2D eigenvalue weighted by Crippen LogP contribution is -2.41. The predicted molar refractivity (Wildman–Crippen MR) is 106 cm³/mol. The first-order chi connectivity index (χ1) is 13.6. The molecule has 1 aromatic heterocycles. The number of para-hydroxylation sites is 1. The topological polar surface area (TPSA) is 75.4 Å². The Morgan fingerprint density at radius 3 is 2.64 bits per heavy atom. The van der Waals surface area contributed by atoms with Gasteiger partial charge in [0.25, 0.3) is 5.91 Å². The van der Waals surface area contributed by atoms with Crippen LogP contribution < -0.4 is 10.2 Å². The minimum atomic E-state index is -0.596. The molecule has 0 bridgehead atoms. The molecule has 6 nitrogen and oxygen atoms in total. The summed E-state index contributed by atoms with van der Waals surface area (Å²) in [4.78, 5) is 27.4. The lowest BCUT2D eigenvalue weighted by atomic mass is 10.1. The third kappa shape index (κ3) is 3.27. The highest BCUT2D eigenvalue weighted by Crippen LogP contribution is 2.31. The highest BCUT2D eigenvalue weighted by Gasteiger charge is 2.35. The van der Waals surface area contributed by atoms with Gasteiger partial charge in [0.2, 0.25) is 5.91 Å². The average molecular weight is 396 g/mol. The Balaban J connectivity index is 1.56. The highest BCUT2D eigenvalue weighted by molar-refractivity contribution is 6.33. The van der Waals surface area contributed by atoms with Crippen LogP contribution in [0, 0.1) is 6.92 Å². The number of amides is 2. The molecule has 28 heavy (non-hydrogen) atoms. The van der Waals surface area contributed by atoms with E-state index in [1.807, 2.05) is 36.4 Å². The van der Waals surface area contributed by atoms with Crippen molar-refractivity contribution in [1.82, 2.24) is 10.5 Å². The Labute approximate surface area is 167 Å². The second-order valence-electron chi connectivity index (χ2n) is 6.58. The average Bonchev–Trinajstić information content (AvgIpc) is 3.26. The van der Waals surface area contributed by atoms with E-state index in [9.17, 15) is 9.59 Å². The van der Waals surface area contributed by atoms with Crippen molar-refractivity contribution in [3.63, 3.8) is 0 Å². The van der Waals surface area contributed by atoms with Gasteiger partial charge in [0.15, 0.2) is 0 Å². The fourth-order valence-corrected chi connectivity index (χ4v) is 3.61. The maximum atomic E-state index is 13.0. The van der Waals surface area contributed by atoms with Gasteiger partial charge in [-0.2, -0.15) is 0 Å². The third-order valence-corrected chi connectivity index (χ3v) is 5.13. The summed E-state index contributed by atoms with van der Waals surface area (Å²) >= 11 is 6.25. The molecule has 1 atom stereocenters. The van der Waals surface area contributed by atoms with Crippen molar-refractivity contribution in [2.24, 2.45) is 0 Å². The van der Waals surface area contributed by atoms with Crippen molar-refractivity contribution in [2.75, 3.05) is 11.4 Å². The Bertz CT molecular complexity index is 1030. The largest absolute Gasteiger partial charge is 0.360 e. The molecule has 0 radical (unpaired) electrons. The Morgan fingerprint density at radius 1 is 1.18 bits per heavy atom. The van der Waals surface area contributed by atoms with Crippen LogP contribution in [0.5, 0.6) is 0 Å². The lowest BCUT2D eigenvalue weighted by molar-refractivity contribution is -0.118. The van der Waals surface area contributed by atoms with Crippen molar-refractivity contribution < 1.29 is 14.1 Å². The summed E-state index contributed by atoms with van der Waals surface area (Å²) in [5.74, 6) is -0.160. The van der Waals surface area contributed by atoms with Crippen LogP contribution in [0.15, 0.2) is 59.1 Å². The number of benzene rings is 2. The molecule has 0 saturated carbocycles. The molecule has 1 saturated heterocycles. The molecule has 0 spiro atoms. The Kier molecular flexibility index (Phi) is 4.88. The first-order valence-electron chi connectivity index (χ1n) is 8.94. The Hall–Kier alpha value is -3.12. The van der Waals surface area contributed by atoms with Crippen LogP contribution >= 0.6 is 11.6 Å². The van der Waals surface area contributed by atoms with E-state index in [0.717, 1.165) is 5.69 Å². The minimum absolute atomic E-state index is 0.132. The Morgan fingerprint density at radius 2 is 1.89 bits per heavy atom. The predicted octanol–water partition coefficient (Wildman–Crippen LogP) is 3.84. The minimum Gasteiger partial charge on any atom is -0.360 e. The molecular weight excluding hydrogens is 378 g/mol. The zero-order chi connectivity index (χ0) is 19.7. The van der Waals surface area contributed by atoms with Gasteiger partial charge in [-0.05, 0) is 31.5 Å². The fourth-order valence-electron chi connectivity index (χ4n) is 3.39. The molecule has 2 amide bonds. The van der Waals surface area contributed by atoms with Gasteiger partial charge in [0.05, 0.1) is 5.02 Å². The quantitative estimate of drug-likeness (QED) is 0.728. The smallest absolute Gasteiger partial charge is 0.257 e. The summed E-state index contributed by atoms with van der Waals surface area (Å²) in [6, 6.07) is 15.9. The van der Waals surface area contributed by atoms with Crippen molar-refractivity contribution in [1.29, 1.82) is 0 Å². The van der Waals surface area contributed by atoms with Crippen LogP contribution in [0.2, 0.25) is 5.02 Å². The number of nitrogens with zero attached hydrogens (tertiary/aromatic N) is 2. The van der Waals surface area contributed by atoms with E-state index < -0.39 is 11.9 Å². The molecule has 2 aromatic carbocycles. The molecule has 1 N–H and O–H groups in total. The standard InChI is InChI=1S/C21H18ClN3O3/c1-13-18(19(24-28-13)15-9-5-6-10-16(15)22)20(26)23-17-11-12-25(21(17)27)14-7-3-2-4-8-14/h2-10,17H,11-12H2,1H3,(H,23,26). The van der Waals surface area contributed by atoms with Gasteiger partial charge in [-0.1, -0.05) is 53.2 Å².